The maximum Gasteiger partial charge on any atom is 0.159 e. The van der Waals surface area contributed by atoms with E-state index in [1.165, 1.54) is 63.0 Å². The number of rotatable bonds is 8. The summed E-state index contributed by atoms with van der Waals surface area (Å²) < 4.78 is 19.1. The number of aromatic nitrogens is 2. The molecule has 0 bridgehead atoms. The van der Waals surface area contributed by atoms with Gasteiger partial charge in [-0.1, -0.05) is 44.7 Å². The molecule has 3 rings (SSSR count). The van der Waals surface area contributed by atoms with Crippen molar-refractivity contribution in [2.45, 2.75) is 70.8 Å². The highest BCUT2D eigenvalue weighted by Crippen LogP contribution is 2.37. The number of hydrogen-bond acceptors (Lipinski definition) is 3. The van der Waals surface area contributed by atoms with E-state index in [0.717, 1.165) is 5.92 Å². The van der Waals surface area contributed by atoms with Crippen molar-refractivity contribution in [2.24, 2.45) is 5.92 Å². The number of nitrogens with zero attached hydrogens (tertiary/aromatic N) is 2. The first-order valence-corrected chi connectivity index (χ1v) is 10.3. The molecule has 1 aliphatic carbocycles. The van der Waals surface area contributed by atoms with Gasteiger partial charge in [0.25, 0.3) is 0 Å². The lowest BCUT2D eigenvalue weighted by atomic mass is 9.77. The maximum absolute atomic E-state index is 14.1. The third kappa shape index (κ3) is 5.35. The van der Waals surface area contributed by atoms with Crippen LogP contribution in [0.2, 0.25) is 0 Å². The quantitative estimate of drug-likeness (QED) is 0.513. The van der Waals surface area contributed by atoms with E-state index in [4.69, 9.17) is 4.74 Å². The first kappa shape index (κ1) is 19.9. The largest absolute Gasteiger partial charge is 0.380 e. The van der Waals surface area contributed by atoms with Gasteiger partial charge in [0, 0.05) is 30.6 Å². The molecule has 1 aromatic carbocycles. The fraction of sp³-hybridized carbons (Fsp3) is 0.565. The number of benzene rings is 1. The first-order valence-electron chi connectivity index (χ1n) is 10.3. The summed E-state index contributed by atoms with van der Waals surface area (Å²) in [6.45, 7) is 2.54. The molecule has 0 radical (unpaired) electrons. The maximum atomic E-state index is 14.1. The third-order valence-corrected chi connectivity index (χ3v) is 5.82. The Balaban J connectivity index is 1.59. The second-order valence-electron chi connectivity index (χ2n) is 7.79. The van der Waals surface area contributed by atoms with Crippen LogP contribution in [0, 0.1) is 11.7 Å². The summed E-state index contributed by atoms with van der Waals surface area (Å²) in [5, 5.41) is 0. The van der Waals surface area contributed by atoms with E-state index in [2.05, 4.69) is 16.9 Å². The SMILES string of the molecule is CCCCC[C@H]1CC[C@H](c2cnc(-c3ccc(COC)c(F)c3)nc2)CC1. The Morgan fingerprint density at radius 1 is 1.07 bits per heavy atom. The molecule has 0 N–H and O–H groups in total. The van der Waals surface area contributed by atoms with Crippen molar-refractivity contribution in [3.05, 3.63) is 47.5 Å². The van der Waals surface area contributed by atoms with E-state index in [1.54, 1.807) is 13.2 Å². The van der Waals surface area contributed by atoms with Gasteiger partial charge in [-0.3, -0.25) is 0 Å². The van der Waals surface area contributed by atoms with Crippen molar-refractivity contribution in [3.8, 4) is 11.4 Å². The Labute approximate surface area is 162 Å². The molecule has 0 aliphatic heterocycles. The van der Waals surface area contributed by atoms with E-state index in [0.29, 0.717) is 22.9 Å². The second-order valence-corrected chi connectivity index (χ2v) is 7.79. The lowest BCUT2D eigenvalue weighted by molar-refractivity contribution is 0.181. The van der Waals surface area contributed by atoms with Crippen molar-refractivity contribution in [3.63, 3.8) is 0 Å². The Hall–Kier alpha value is -1.81. The summed E-state index contributed by atoms with van der Waals surface area (Å²) in [7, 11) is 1.56. The summed E-state index contributed by atoms with van der Waals surface area (Å²) in [5.74, 6) is 1.78. The van der Waals surface area contributed by atoms with E-state index < -0.39 is 0 Å². The van der Waals surface area contributed by atoms with Gasteiger partial charge >= 0.3 is 0 Å². The lowest BCUT2D eigenvalue weighted by Crippen LogP contribution is -2.14. The predicted molar refractivity (Wildman–Crippen MR) is 107 cm³/mol. The normalized spacial score (nSPS) is 20.0. The molecule has 1 aromatic heterocycles. The number of ether oxygens (including phenoxy) is 1. The lowest BCUT2D eigenvalue weighted by Gasteiger charge is -2.28. The van der Waals surface area contributed by atoms with Crippen LogP contribution >= 0.6 is 0 Å². The van der Waals surface area contributed by atoms with Crippen molar-refractivity contribution < 1.29 is 9.13 Å². The van der Waals surface area contributed by atoms with Crippen LogP contribution in [-0.4, -0.2) is 17.1 Å². The molecule has 1 saturated carbocycles. The van der Waals surface area contributed by atoms with Crippen LogP contribution in [-0.2, 0) is 11.3 Å². The van der Waals surface area contributed by atoms with Crippen molar-refractivity contribution >= 4 is 0 Å². The van der Waals surface area contributed by atoms with Crippen LogP contribution < -0.4 is 0 Å². The topological polar surface area (TPSA) is 35.0 Å². The minimum absolute atomic E-state index is 0.271. The molecule has 27 heavy (non-hydrogen) atoms. The molecule has 3 nitrogen and oxygen atoms in total. The molecule has 0 unspecified atom stereocenters. The summed E-state index contributed by atoms with van der Waals surface area (Å²) in [5.41, 5.74) is 2.48. The van der Waals surface area contributed by atoms with Gasteiger partial charge in [-0.15, -0.1) is 0 Å². The van der Waals surface area contributed by atoms with Crippen molar-refractivity contribution in [1.29, 1.82) is 0 Å². The van der Waals surface area contributed by atoms with E-state index >= 15 is 0 Å². The fourth-order valence-electron chi connectivity index (χ4n) is 4.12. The highest BCUT2D eigenvalue weighted by molar-refractivity contribution is 5.55. The van der Waals surface area contributed by atoms with Gasteiger partial charge < -0.3 is 4.74 Å². The number of hydrogen-bond donors (Lipinski definition) is 0. The molecule has 4 heteroatoms. The average Bonchev–Trinajstić information content (AvgIpc) is 2.71. The molecule has 0 spiro atoms. The minimum atomic E-state index is -0.275. The van der Waals surface area contributed by atoms with E-state index in [1.807, 2.05) is 18.5 Å². The summed E-state index contributed by atoms with van der Waals surface area (Å²) >= 11 is 0. The van der Waals surface area contributed by atoms with Crippen LogP contribution in [0.25, 0.3) is 11.4 Å². The summed E-state index contributed by atoms with van der Waals surface area (Å²) in [6.07, 6.45) is 14.4. The van der Waals surface area contributed by atoms with Gasteiger partial charge in [-0.25, -0.2) is 14.4 Å². The molecule has 0 atom stereocenters. The van der Waals surface area contributed by atoms with E-state index in [-0.39, 0.29) is 12.4 Å². The van der Waals surface area contributed by atoms with Crippen LogP contribution in [0.5, 0.6) is 0 Å². The Bertz CT molecular complexity index is 709. The molecular formula is C23H31FN2O. The summed E-state index contributed by atoms with van der Waals surface area (Å²) in [6, 6.07) is 5.09. The van der Waals surface area contributed by atoms with Crippen molar-refractivity contribution in [2.75, 3.05) is 7.11 Å². The van der Waals surface area contributed by atoms with Gasteiger partial charge in [0.15, 0.2) is 5.82 Å². The predicted octanol–water partition coefficient (Wildman–Crippen LogP) is 6.28. The zero-order chi connectivity index (χ0) is 19.1. The van der Waals surface area contributed by atoms with Gasteiger partial charge in [-0.2, -0.15) is 0 Å². The number of methoxy groups -OCH3 is 1. The highest BCUT2D eigenvalue weighted by atomic mass is 19.1. The van der Waals surface area contributed by atoms with Gasteiger partial charge in [-0.05, 0) is 49.1 Å². The molecular weight excluding hydrogens is 339 g/mol. The highest BCUT2D eigenvalue weighted by Gasteiger charge is 2.22. The van der Waals surface area contributed by atoms with E-state index in [9.17, 15) is 4.39 Å². The first-order chi connectivity index (χ1) is 13.2. The zero-order valence-corrected chi connectivity index (χ0v) is 16.6. The molecule has 1 fully saturated rings. The van der Waals surface area contributed by atoms with Gasteiger partial charge in [0.2, 0.25) is 0 Å². The Kier molecular flexibility index (Phi) is 7.33. The smallest absolute Gasteiger partial charge is 0.159 e. The fourth-order valence-corrected chi connectivity index (χ4v) is 4.12. The van der Waals surface area contributed by atoms with Crippen molar-refractivity contribution in [1.82, 2.24) is 9.97 Å². The average molecular weight is 371 g/mol. The molecule has 1 heterocycles. The Morgan fingerprint density at radius 3 is 2.44 bits per heavy atom. The monoisotopic (exact) mass is 370 g/mol. The second kappa shape index (κ2) is 9.93. The molecule has 0 saturated heterocycles. The molecule has 146 valence electrons. The minimum Gasteiger partial charge on any atom is -0.380 e. The third-order valence-electron chi connectivity index (χ3n) is 5.82. The number of halogens is 1. The van der Waals surface area contributed by atoms with Crippen LogP contribution in [0.15, 0.2) is 30.6 Å². The summed E-state index contributed by atoms with van der Waals surface area (Å²) in [4.78, 5) is 9.02. The zero-order valence-electron chi connectivity index (χ0n) is 16.6. The molecule has 2 aromatic rings. The van der Waals surface area contributed by atoms with Crippen LogP contribution in [0.4, 0.5) is 4.39 Å². The van der Waals surface area contributed by atoms with Gasteiger partial charge in [0.1, 0.15) is 5.82 Å². The van der Waals surface area contributed by atoms with Crippen LogP contribution in [0.1, 0.15) is 75.3 Å². The number of unbranched alkanes of at least 4 members (excludes halogenated alkanes) is 2. The molecule has 0 amide bonds. The standard InChI is InChI=1S/C23H31FN2O/c1-3-4-5-6-17-7-9-18(10-8-17)21-14-25-23(26-15-21)19-11-12-20(16-27-2)22(24)13-19/h11-15,17-18H,3-10,16H2,1-2H3/t17-,18-. The van der Waals surface area contributed by atoms with Gasteiger partial charge in [0.05, 0.1) is 6.61 Å². The Morgan fingerprint density at radius 2 is 1.81 bits per heavy atom. The molecule has 1 aliphatic rings. The van der Waals surface area contributed by atoms with Crippen LogP contribution in [0.3, 0.4) is 0 Å².